The SMILES string of the molecule is O=C(NCc1ncccc1C(F)(F)F)c1ccc2c(c1)C1(CCNCC1)C(C1CC1)[N+]2(C(=O)c1ncco1)S(=O)(=O)c1ccc(F)cc1. The van der Waals surface area contributed by atoms with Gasteiger partial charge in [0, 0.05) is 29.3 Å². The number of carbonyl (C=O) groups is 2. The van der Waals surface area contributed by atoms with Crippen molar-refractivity contribution in [3.63, 3.8) is 0 Å². The van der Waals surface area contributed by atoms with Gasteiger partial charge in [-0.1, -0.05) is 0 Å². The number of pyridine rings is 1. The minimum atomic E-state index is -4.70. The van der Waals surface area contributed by atoms with Gasteiger partial charge in [-0.2, -0.15) is 21.6 Å². The second-order valence-corrected chi connectivity index (χ2v) is 14.3. The highest BCUT2D eigenvalue weighted by Gasteiger charge is 2.74. The average molecular weight is 685 g/mol. The van der Waals surface area contributed by atoms with Crippen molar-refractivity contribution in [2.24, 2.45) is 5.92 Å². The van der Waals surface area contributed by atoms with E-state index in [0.29, 0.717) is 44.3 Å². The van der Waals surface area contributed by atoms with Gasteiger partial charge in [0.05, 0.1) is 29.4 Å². The lowest BCUT2D eigenvalue weighted by Crippen LogP contribution is -2.67. The Morgan fingerprint density at radius 2 is 1.75 bits per heavy atom. The van der Waals surface area contributed by atoms with Gasteiger partial charge in [-0.15, -0.1) is 3.89 Å². The zero-order chi connectivity index (χ0) is 33.9. The highest BCUT2D eigenvalue weighted by Crippen LogP contribution is 2.63. The first-order chi connectivity index (χ1) is 22.9. The van der Waals surface area contributed by atoms with E-state index in [1.165, 1.54) is 30.8 Å². The van der Waals surface area contributed by atoms with Gasteiger partial charge in [-0.3, -0.25) is 9.78 Å². The molecule has 4 heterocycles. The predicted molar refractivity (Wildman–Crippen MR) is 163 cm³/mol. The van der Waals surface area contributed by atoms with Crippen LogP contribution in [0.25, 0.3) is 0 Å². The molecule has 3 aliphatic rings. The van der Waals surface area contributed by atoms with Crippen molar-refractivity contribution in [2.75, 3.05) is 13.1 Å². The van der Waals surface area contributed by atoms with Gasteiger partial charge in [0.15, 0.2) is 5.69 Å². The fraction of sp³-hybridized carbons (Fsp3) is 0.333. The van der Waals surface area contributed by atoms with Crippen molar-refractivity contribution in [3.8, 4) is 0 Å². The van der Waals surface area contributed by atoms with Gasteiger partial charge >= 0.3 is 28.0 Å². The molecule has 250 valence electrons. The summed E-state index contributed by atoms with van der Waals surface area (Å²) in [5, 5.41) is 5.83. The van der Waals surface area contributed by atoms with Crippen LogP contribution < -0.4 is 14.5 Å². The topological polar surface area (TPSA) is 131 Å². The van der Waals surface area contributed by atoms with Crippen LogP contribution in [0.5, 0.6) is 0 Å². The van der Waals surface area contributed by atoms with Gasteiger partial charge in [0.2, 0.25) is 0 Å². The normalized spacial score (nSPS) is 22.0. The van der Waals surface area contributed by atoms with Crippen molar-refractivity contribution in [3.05, 3.63) is 107 Å². The third-order valence-electron chi connectivity index (χ3n) is 9.69. The van der Waals surface area contributed by atoms with Crippen LogP contribution >= 0.6 is 0 Å². The number of amides is 2. The molecule has 2 unspecified atom stereocenters. The monoisotopic (exact) mass is 684 g/mol. The molecule has 2 N–H and O–H groups in total. The standard InChI is InChI=1S/C33H29F4N5O5S/c34-22-6-8-23(9-7-22)48(45,46)42(31(44)30-40-16-17-47-30)27-10-5-21(29(43)41-19-26-24(33(35,36)37)2-1-13-39-26)18-25(27)32(11-14-38-15-12-32)28(42)20-3-4-20/h1-2,5-10,13,16-18,20,28,38H,3-4,11-12,14-15,19H2/p+1. The predicted octanol–water partition coefficient (Wildman–Crippen LogP) is 5.11. The summed E-state index contributed by atoms with van der Waals surface area (Å²) in [4.78, 5) is 35.9. The van der Waals surface area contributed by atoms with E-state index >= 15 is 8.42 Å². The second kappa shape index (κ2) is 11.6. The summed E-state index contributed by atoms with van der Waals surface area (Å²) in [6, 6.07) is 9.82. The van der Waals surface area contributed by atoms with E-state index in [2.05, 4.69) is 20.6 Å². The molecule has 1 spiro atoms. The maximum atomic E-state index is 15.1. The van der Waals surface area contributed by atoms with E-state index in [4.69, 9.17) is 4.42 Å². The molecule has 1 saturated carbocycles. The Kier molecular flexibility index (Phi) is 7.75. The largest absolute Gasteiger partial charge is 0.438 e. The van der Waals surface area contributed by atoms with Crippen LogP contribution in [0.2, 0.25) is 0 Å². The average Bonchev–Trinajstić information content (AvgIpc) is 3.68. The van der Waals surface area contributed by atoms with Crippen LogP contribution in [-0.4, -0.2) is 49.3 Å². The first-order valence-corrected chi connectivity index (χ1v) is 16.8. The molecule has 2 aromatic heterocycles. The molecule has 2 aromatic carbocycles. The number of halogens is 4. The van der Waals surface area contributed by atoms with Crippen molar-refractivity contribution in [2.45, 2.75) is 54.8 Å². The first-order valence-electron chi connectivity index (χ1n) is 15.4. The number of piperidine rings is 1. The summed E-state index contributed by atoms with van der Waals surface area (Å²) in [5.41, 5.74) is -1.56. The van der Waals surface area contributed by atoms with Gasteiger partial charge in [0.1, 0.15) is 23.0 Å². The fourth-order valence-electron chi connectivity index (χ4n) is 7.59. The number of alkyl halides is 3. The van der Waals surface area contributed by atoms with Crippen molar-refractivity contribution >= 4 is 27.5 Å². The Labute approximate surface area is 272 Å². The number of hydrogen-bond donors (Lipinski definition) is 2. The van der Waals surface area contributed by atoms with Crippen LogP contribution in [0.4, 0.5) is 23.2 Å². The van der Waals surface area contributed by atoms with E-state index in [1.807, 2.05) is 0 Å². The Hall–Kier alpha value is -4.47. The molecule has 2 aliphatic heterocycles. The molecule has 0 radical (unpaired) electrons. The summed E-state index contributed by atoms with van der Waals surface area (Å²) in [5.74, 6) is -2.88. The highest BCUT2D eigenvalue weighted by atomic mass is 32.2. The molecule has 1 saturated heterocycles. The maximum absolute atomic E-state index is 15.1. The van der Waals surface area contributed by atoms with Crippen molar-refractivity contribution < 1.29 is 40.0 Å². The number of nitrogens with one attached hydrogen (secondary N) is 2. The molecular weight excluding hydrogens is 654 g/mol. The van der Waals surface area contributed by atoms with Gasteiger partial charge in [-0.05, 0) is 87.3 Å². The smallest absolute Gasteiger partial charge is 0.422 e. The van der Waals surface area contributed by atoms with E-state index in [1.54, 1.807) is 6.07 Å². The molecule has 7 rings (SSSR count). The molecule has 1 aliphatic carbocycles. The molecule has 48 heavy (non-hydrogen) atoms. The summed E-state index contributed by atoms with van der Waals surface area (Å²) >= 11 is 0. The van der Waals surface area contributed by atoms with Crippen LogP contribution in [0.15, 0.2) is 82.6 Å². The van der Waals surface area contributed by atoms with Gasteiger partial charge in [0.25, 0.3) is 5.91 Å². The van der Waals surface area contributed by atoms with E-state index in [0.717, 1.165) is 36.4 Å². The van der Waals surface area contributed by atoms with Crippen molar-refractivity contribution in [1.82, 2.24) is 24.5 Å². The number of aromatic nitrogens is 2. The zero-order valence-electron chi connectivity index (χ0n) is 25.3. The quantitative estimate of drug-likeness (QED) is 0.203. The third kappa shape index (κ3) is 4.94. The molecule has 2 atom stereocenters. The summed E-state index contributed by atoms with van der Waals surface area (Å²) in [7, 11) is -4.70. The van der Waals surface area contributed by atoms with Crippen LogP contribution in [0.3, 0.4) is 0 Å². The van der Waals surface area contributed by atoms with Gasteiger partial charge < -0.3 is 15.1 Å². The van der Waals surface area contributed by atoms with E-state index < -0.39 is 67.2 Å². The maximum Gasteiger partial charge on any atom is 0.422 e. The second-order valence-electron chi connectivity index (χ2n) is 12.3. The lowest BCUT2D eigenvalue weighted by atomic mass is 9.68. The third-order valence-corrected chi connectivity index (χ3v) is 11.9. The van der Waals surface area contributed by atoms with Crippen LogP contribution in [0.1, 0.15) is 63.5 Å². The fourth-order valence-corrected chi connectivity index (χ4v) is 9.79. The molecule has 0 bridgehead atoms. The number of nitrogens with zero attached hydrogens (tertiary/aromatic N) is 3. The highest BCUT2D eigenvalue weighted by molar-refractivity contribution is 7.91. The Morgan fingerprint density at radius 3 is 2.40 bits per heavy atom. The number of oxazole rings is 1. The Balaban J connectivity index is 1.40. The molecule has 15 heteroatoms. The minimum Gasteiger partial charge on any atom is -0.438 e. The summed E-state index contributed by atoms with van der Waals surface area (Å²) in [6.07, 6.45) is 1.14. The number of sulfonamides is 1. The summed E-state index contributed by atoms with van der Waals surface area (Å²) < 4.78 is 89.2. The first kappa shape index (κ1) is 32.1. The molecule has 2 amide bonds. The van der Waals surface area contributed by atoms with Crippen LogP contribution in [-0.2, 0) is 28.2 Å². The van der Waals surface area contributed by atoms with Crippen LogP contribution in [0, 0.1) is 11.7 Å². The zero-order valence-corrected chi connectivity index (χ0v) is 26.2. The molecule has 2 fully saturated rings. The lowest BCUT2D eigenvalue weighted by molar-refractivity contribution is -0.138. The van der Waals surface area contributed by atoms with Gasteiger partial charge in [-0.25, -0.2) is 14.2 Å². The number of rotatable bonds is 7. The molecule has 10 nitrogen and oxygen atoms in total. The summed E-state index contributed by atoms with van der Waals surface area (Å²) in [6.45, 7) is 0.499. The van der Waals surface area contributed by atoms with Crippen molar-refractivity contribution in [1.29, 1.82) is 0 Å². The number of quaternary nitrogens is 1. The number of hydrogen-bond acceptors (Lipinski definition) is 8. The van der Waals surface area contributed by atoms with E-state index in [-0.39, 0.29) is 27.8 Å². The van der Waals surface area contributed by atoms with E-state index in [9.17, 15) is 27.2 Å². The number of carbonyl (C=O) groups excluding carboxylic acids is 2. The molecular formula is C33H30F4N5O5S+. The lowest BCUT2D eigenvalue weighted by Gasteiger charge is -2.43. The molecule has 4 aromatic rings. The Morgan fingerprint density at radius 1 is 1.02 bits per heavy atom. The Bertz CT molecular complexity index is 1990. The number of fused-ring (bicyclic) bond motifs is 2. The number of benzene rings is 2. The minimum absolute atomic E-state index is 0.0773.